The molecule has 0 unspecified atom stereocenters. The molecule has 5 nitrogen and oxygen atoms in total. The fraction of sp³-hybridized carbons (Fsp3) is 0.333. The Hall–Kier alpha value is -3.34. The van der Waals surface area contributed by atoms with Crippen LogP contribution in [-0.4, -0.2) is 25.8 Å². The largest absolute Gasteiger partial charge is 0.493 e. The molecule has 4 rings (SSSR count). The Morgan fingerprint density at radius 1 is 1.00 bits per heavy atom. The number of ether oxygens (including phenoxy) is 3. The molecule has 5 heteroatoms. The molecule has 1 saturated carbocycles. The number of hydrogen-bond donors (Lipinski definition) is 0. The van der Waals surface area contributed by atoms with Gasteiger partial charge in [0.2, 0.25) is 5.78 Å². The second kappa shape index (κ2) is 8.65. The number of carbonyl (C=O) groups excluding carboxylic acids is 2. The number of methoxy groups -OCH3 is 2. The molecule has 2 aromatic carbocycles. The van der Waals surface area contributed by atoms with Crippen LogP contribution in [-0.2, 0) is 20.9 Å². The summed E-state index contributed by atoms with van der Waals surface area (Å²) in [5.74, 6) is 0.589. The van der Waals surface area contributed by atoms with Gasteiger partial charge in [-0.3, -0.25) is 9.59 Å². The van der Waals surface area contributed by atoms with Gasteiger partial charge in [-0.05, 0) is 35.6 Å². The number of carbonyl (C=O) groups is 2. The second-order valence-electron chi connectivity index (χ2n) is 8.47. The van der Waals surface area contributed by atoms with Gasteiger partial charge in [0.25, 0.3) is 0 Å². The zero-order valence-corrected chi connectivity index (χ0v) is 18.7. The summed E-state index contributed by atoms with van der Waals surface area (Å²) >= 11 is 0. The summed E-state index contributed by atoms with van der Waals surface area (Å²) in [7, 11) is 3.17. The Morgan fingerprint density at radius 2 is 1.72 bits per heavy atom. The van der Waals surface area contributed by atoms with Gasteiger partial charge in [0, 0.05) is 17.9 Å². The van der Waals surface area contributed by atoms with Crippen molar-refractivity contribution < 1.29 is 23.8 Å². The second-order valence-corrected chi connectivity index (χ2v) is 8.47. The van der Waals surface area contributed by atoms with E-state index in [1.54, 1.807) is 20.3 Å². The molecule has 166 valence electrons. The topological polar surface area (TPSA) is 61.8 Å². The van der Waals surface area contributed by atoms with E-state index in [0.29, 0.717) is 17.9 Å². The van der Waals surface area contributed by atoms with Gasteiger partial charge in [-0.1, -0.05) is 49.4 Å². The van der Waals surface area contributed by atoms with Crippen LogP contribution in [0.5, 0.6) is 11.5 Å². The van der Waals surface area contributed by atoms with Crippen molar-refractivity contribution in [1.82, 2.24) is 0 Å². The Bertz CT molecular complexity index is 1070. The molecule has 0 heterocycles. The molecule has 0 bridgehead atoms. The van der Waals surface area contributed by atoms with E-state index in [2.05, 4.69) is 6.58 Å². The summed E-state index contributed by atoms with van der Waals surface area (Å²) in [6, 6.07) is 15.3. The third kappa shape index (κ3) is 3.32. The predicted octanol–water partition coefficient (Wildman–Crippen LogP) is 4.87. The maximum absolute atomic E-state index is 13.5. The number of Topliss-reactive ketones (excluding diaryl/α,β-unsaturated/α-hetero) is 1. The molecule has 0 aliphatic heterocycles. The van der Waals surface area contributed by atoms with Gasteiger partial charge in [0.1, 0.15) is 6.61 Å². The highest BCUT2D eigenvalue weighted by Crippen LogP contribution is 2.66. The first kappa shape index (κ1) is 21.9. The van der Waals surface area contributed by atoms with Crippen molar-refractivity contribution in [2.45, 2.75) is 25.9 Å². The van der Waals surface area contributed by atoms with E-state index >= 15 is 0 Å². The van der Waals surface area contributed by atoms with E-state index in [4.69, 9.17) is 14.2 Å². The van der Waals surface area contributed by atoms with Gasteiger partial charge in [-0.2, -0.15) is 0 Å². The monoisotopic (exact) mass is 432 g/mol. The van der Waals surface area contributed by atoms with Crippen molar-refractivity contribution in [3.05, 3.63) is 84.1 Å². The Kier molecular flexibility index (Phi) is 5.92. The Labute approximate surface area is 188 Å². The summed E-state index contributed by atoms with van der Waals surface area (Å²) in [6.45, 7) is 6.15. The van der Waals surface area contributed by atoms with Crippen LogP contribution >= 0.6 is 0 Å². The molecule has 1 fully saturated rings. The molecule has 4 atom stereocenters. The summed E-state index contributed by atoms with van der Waals surface area (Å²) in [5, 5.41) is 0. The molecule has 2 aliphatic rings. The van der Waals surface area contributed by atoms with E-state index in [1.807, 2.05) is 55.5 Å². The highest BCUT2D eigenvalue weighted by molar-refractivity contribution is 6.13. The van der Waals surface area contributed by atoms with Crippen LogP contribution < -0.4 is 9.47 Å². The van der Waals surface area contributed by atoms with Crippen LogP contribution in [0.25, 0.3) is 0 Å². The average molecular weight is 433 g/mol. The van der Waals surface area contributed by atoms with Crippen molar-refractivity contribution in [2.75, 3.05) is 14.2 Å². The highest BCUT2D eigenvalue weighted by atomic mass is 16.5. The lowest BCUT2D eigenvalue weighted by Gasteiger charge is -2.60. The summed E-state index contributed by atoms with van der Waals surface area (Å²) < 4.78 is 16.6. The minimum Gasteiger partial charge on any atom is -0.493 e. The van der Waals surface area contributed by atoms with Gasteiger partial charge >= 0.3 is 0 Å². The van der Waals surface area contributed by atoms with Crippen molar-refractivity contribution in [3.63, 3.8) is 0 Å². The van der Waals surface area contributed by atoms with Gasteiger partial charge in [-0.25, -0.2) is 0 Å². The normalized spacial score (nSPS) is 26.5. The molecule has 0 saturated heterocycles. The van der Waals surface area contributed by atoms with Gasteiger partial charge in [0.05, 0.1) is 19.6 Å². The number of benzene rings is 2. The molecular formula is C27H28O5. The molecule has 0 radical (unpaired) electrons. The van der Waals surface area contributed by atoms with E-state index in [1.165, 1.54) is 6.08 Å². The van der Waals surface area contributed by atoms with Crippen LogP contribution in [0.3, 0.4) is 0 Å². The Balaban J connectivity index is 1.68. The summed E-state index contributed by atoms with van der Waals surface area (Å²) in [6.07, 6.45) is 3.56. The lowest BCUT2D eigenvalue weighted by Crippen LogP contribution is -2.63. The van der Waals surface area contributed by atoms with Gasteiger partial charge < -0.3 is 14.2 Å². The minimum atomic E-state index is -0.850. The van der Waals surface area contributed by atoms with Crippen LogP contribution in [0.1, 0.15) is 30.4 Å². The van der Waals surface area contributed by atoms with Gasteiger partial charge in [0.15, 0.2) is 23.0 Å². The van der Waals surface area contributed by atoms with Crippen LogP contribution in [0.15, 0.2) is 73.0 Å². The number of allylic oxidation sites excluding steroid dienone is 3. The standard InChI is InChI=1S/C27H28O5/c1-5-13-27-23(28)15-22(32-16-18-9-7-6-8-10-18)26(29)25(27)17(2)24(27)19-11-12-20(30-3)21(14-19)31-4/h5-12,14-15,17,24-25H,1,13,16H2,2-4H3/t17-,24+,25+,27+/m1/s1. The summed E-state index contributed by atoms with van der Waals surface area (Å²) in [5.41, 5.74) is 1.05. The average Bonchev–Trinajstić information content (AvgIpc) is 2.80. The van der Waals surface area contributed by atoms with Crippen molar-refractivity contribution >= 4 is 11.6 Å². The molecule has 0 N–H and O–H groups in total. The number of hydrogen-bond acceptors (Lipinski definition) is 5. The van der Waals surface area contributed by atoms with Gasteiger partial charge in [-0.15, -0.1) is 6.58 Å². The van der Waals surface area contributed by atoms with Crippen LogP contribution in [0.2, 0.25) is 0 Å². The Morgan fingerprint density at radius 3 is 2.38 bits per heavy atom. The van der Waals surface area contributed by atoms with Crippen molar-refractivity contribution in [1.29, 1.82) is 0 Å². The van der Waals surface area contributed by atoms with E-state index in [9.17, 15) is 9.59 Å². The van der Waals surface area contributed by atoms with E-state index < -0.39 is 11.3 Å². The van der Waals surface area contributed by atoms with Crippen LogP contribution in [0, 0.1) is 17.3 Å². The maximum Gasteiger partial charge on any atom is 0.201 e. The zero-order chi connectivity index (χ0) is 22.9. The number of ketones is 2. The zero-order valence-electron chi connectivity index (χ0n) is 18.7. The third-order valence-electron chi connectivity index (χ3n) is 6.89. The first-order chi connectivity index (χ1) is 15.5. The van der Waals surface area contributed by atoms with Crippen molar-refractivity contribution in [3.8, 4) is 11.5 Å². The molecule has 2 aromatic rings. The van der Waals surface area contributed by atoms with Crippen LogP contribution in [0.4, 0.5) is 0 Å². The lowest BCUT2D eigenvalue weighted by molar-refractivity contribution is -0.161. The number of fused-ring (bicyclic) bond motifs is 1. The first-order valence-corrected chi connectivity index (χ1v) is 10.8. The summed E-state index contributed by atoms with van der Waals surface area (Å²) in [4.78, 5) is 26.9. The molecule has 32 heavy (non-hydrogen) atoms. The molecule has 2 aliphatic carbocycles. The van der Waals surface area contributed by atoms with Crippen molar-refractivity contribution in [2.24, 2.45) is 17.3 Å². The fourth-order valence-electron chi connectivity index (χ4n) is 5.55. The van der Waals surface area contributed by atoms with E-state index in [-0.39, 0.29) is 35.8 Å². The fourth-order valence-corrected chi connectivity index (χ4v) is 5.55. The SMILES string of the molecule is C=CC[C@@]12C(=O)C=C(OCc3ccccc3)C(=O)[C@@H]1[C@H](C)[C@H]2c1ccc(OC)c(OC)c1. The maximum atomic E-state index is 13.5. The molecule has 0 amide bonds. The quantitative estimate of drug-likeness (QED) is 0.557. The first-order valence-electron chi connectivity index (χ1n) is 10.8. The smallest absolute Gasteiger partial charge is 0.201 e. The third-order valence-corrected chi connectivity index (χ3v) is 6.89. The molecule has 0 aromatic heterocycles. The minimum absolute atomic E-state index is 0.0338. The molecule has 0 spiro atoms. The highest BCUT2D eigenvalue weighted by Gasteiger charge is 2.68. The molecular weight excluding hydrogens is 404 g/mol. The predicted molar refractivity (Wildman–Crippen MR) is 122 cm³/mol. The van der Waals surface area contributed by atoms with E-state index in [0.717, 1.165) is 11.1 Å². The lowest BCUT2D eigenvalue weighted by atomic mass is 9.40. The number of rotatable bonds is 8.